The first-order valence-electron chi connectivity index (χ1n) is 8.45. The Morgan fingerprint density at radius 1 is 1.12 bits per heavy atom. The SMILES string of the molecule is CCOc1ccc(C[NH+](C)CC(=O)N[C@@H](C)c2ccccc2)cc1. The van der Waals surface area contributed by atoms with Crippen molar-refractivity contribution in [2.24, 2.45) is 0 Å². The number of amides is 1. The molecule has 0 fully saturated rings. The van der Waals surface area contributed by atoms with Gasteiger partial charge in [0, 0.05) is 5.56 Å². The molecule has 0 aliphatic carbocycles. The molecular formula is C20H27N2O2+. The Hall–Kier alpha value is -2.33. The number of nitrogens with one attached hydrogen (secondary N) is 2. The number of carbonyl (C=O) groups excluding carboxylic acids is 1. The van der Waals surface area contributed by atoms with E-state index in [9.17, 15) is 4.79 Å². The first-order chi connectivity index (χ1) is 11.6. The maximum Gasteiger partial charge on any atom is 0.275 e. The Balaban J connectivity index is 1.80. The first kappa shape index (κ1) is 18.0. The molecule has 0 saturated heterocycles. The number of carbonyl (C=O) groups is 1. The molecule has 2 rings (SSSR count). The van der Waals surface area contributed by atoms with Crippen LogP contribution in [0.1, 0.15) is 31.0 Å². The fourth-order valence-electron chi connectivity index (χ4n) is 2.67. The number of quaternary nitrogens is 1. The number of rotatable bonds is 8. The molecule has 0 aliphatic rings. The molecule has 0 aromatic heterocycles. The lowest BCUT2D eigenvalue weighted by molar-refractivity contribution is -0.885. The van der Waals surface area contributed by atoms with Crippen molar-refractivity contribution in [3.8, 4) is 5.75 Å². The molecule has 24 heavy (non-hydrogen) atoms. The van der Waals surface area contributed by atoms with Crippen molar-refractivity contribution in [3.05, 3.63) is 65.7 Å². The summed E-state index contributed by atoms with van der Waals surface area (Å²) in [6.07, 6.45) is 0. The van der Waals surface area contributed by atoms with E-state index in [0.29, 0.717) is 13.2 Å². The number of benzene rings is 2. The molecule has 0 heterocycles. The van der Waals surface area contributed by atoms with Crippen molar-refractivity contribution in [1.29, 1.82) is 0 Å². The van der Waals surface area contributed by atoms with E-state index in [1.165, 1.54) is 5.56 Å². The average molecular weight is 327 g/mol. The lowest BCUT2D eigenvalue weighted by Crippen LogP contribution is -3.08. The van der Waals surface area contributed by atoms with Gasteiger partial charge in [0.1, 0.15) is 12.3 Å². The third-order valence-electron chi connectivity index (χ3n) is 3.88. The predicted molar refractivity (Wildman–Crippen MR) is 96.1 cm³/mol. The number of hydrogen-bond acceptors (Lipinski definition) is 2. The van der Waals surface area contributed by atoms with Gasteiger partial charge in [-0.15, -0.1) is 0 Å². The Labute approximate surface area is 144 Å². The van der Waals surface area contributed by atoms with Crippen molar-refractivity contribution < 1.29 is 14.4 Å². The summed E-state index contributed by atoms with van der Waals surface area (Å²) >= 11 is 0. The molecular weight excluding hydrogens is 300 g/mol. The number of hydrogen-bond donors (Lipinski definition) is 2. The molecule has 128 valence electrons. The van der Waals surface area contributed by atoms with Crippen LogP contribution in [0.3, 0.4) is 0 Å². The van der Waals surface area contributed by atoms with Crippen LogP contribution < -0.4 is 15.0 Å². The second-order valence-electron chi connectivity index (χ2n) is 6.09. The Morgan fingerprint density at radius 2 is 1.79 bits per heavy atom. The van der Waals surface area contributed by atoms with Crippen LogP contribution in [0.4, 0.5) is 0 Å². The molecule has 2 aromatic carbocycles. The van der Waals surface area contributed by atoms with Gasteiger partial charge in [-0.3, -0.25) is 4.79 Å². The molecule has 4 heteroatoms. The molecule has 0 radical (unpaired) electrons. The van der Waals surface area contributed by atoms with Crippen molar-refractivity contribution >= 4 is 5.91 Å². The molecule has 2 atom stereocenters. The summed E-state index contributed by atoms with van der Waals surface area (Å²) in [6.45, 7) is 5.91. The quantitative estimate of drug-likeness (QED) is 0.778. The molecule has 2 aromatic rings. The maximum atomic E-state index is 12.2. The highest BCUT2D eigenvalue weighted by Crippen LogP contribution is 2.11. The number of likely N-dealkylation sites (N-methyl/N-ethyl adjacent to an activating group) is 1. The van der Waals surface area contributed by atoms with E-state index >= 15 is 0 Å². The summed E-state index contributed by atoms with van der Waals surface area (Å²) in [7, 11) is 2.03. The minimum Gasteiger partial charge on any atom is -0.494 e. The predicted octanol–water partition coefficient (Wildman–Crippen LogP) is 1.98. The zero-order valence-electron chi connectivity index (χ0n) is 14.7. The highest BCUT2D eigenvalue weighted by atomic mass is 16.5. The van der Waals surface area contributed by atoms with Crippen LogP contribution in [0.5, 0.6) is 5.75 Å². The van der Waals surface area contributed by atoms with E-state index in [0.717, 1.165) is 22.8 Å². The third kappa shape index (κ3) is 5.70. The molecule has 1 amide bonds. The van der Waals surface area contributed by atoms with Gasteiger partial charge >= 0.3 is 0 Å². The van der Waals surface area contributed by atoms with E-state index in [4.69, 9.17) is 4.74 Å². The fraction of sp³-hybridized carbons (Fsp3) is 0.350. The lowest BCUT2D eigenvalue weighted by atomic mass is 10.1. The molecule has 0 spiro atoms. The van der Waals surface area contributed by atoms with Crippen LogP contribution >= 0.6 is 0 Å². The molecule has 0 bridgehead atoms. The summed E-state index contributed by atoms with van der Waals surface area (Å²) in [4.78, 5) is 13.4. The van der Waals surface area contributed by atoms with E-state index < -0.39 is 0 Å². The van der Waals surface area contributed by atoms with Gasteiger partial charge < -0.3 is 15.0 Å². The van der Waals surface area contributed by atoms with Gasteiger partial charge in [0.2, 0.25) is 0 Å². The molecule has 0 aliphatic heterocycles. The van der Waals surface area contributed by atoms with Gasteiger partial charge in [0.15, 0.2) is 6.54 Å². The third-order valence-corrected chi connectivity index (χ3v) is 3.88. The Bertz CT molecular complexity index is 626. The highest BCUT2D eigenvalue weighted by molar-refractivity contribution is 5.77. The highest BCUT2D eigenvalue weighted by Gasteiger charge is 2.14. The van der Waals surface area contributed by atoms with Gasteiger partial charge in [0.05, 0.1) is 19.7 Å². The maximum absolute atomic E-state index is 12.2. The summed E-state index contributed by atoms with van der Waals surface area (Å²) in [6, 6.07) is 18.1. The Kier molecular flexibility index (Phi) is 6.82. The van der Waals surface area contributed by atoms with Crippen molar-refractivity contribution in [2.75, 3.05) is 20.2 Å². The zero-order valence-corrected chi connectivity index (χ0v) is 14.7. The minimum atomic E-state index is 0.0250. The normalized spacial score (nSPS) is 13.1. The molecule has 4 nitrogen and oxygen atoms in total. The van der Waals surface area contributed by atoms with Gasteiger partial charge in [0.25, 0.3) is 5.91 Å². The monoisotopic (exact) mass is 327 g/mol. The van der Waals surface area contributed by atoms with Crippen LogP contribution in [0, 0.1) is 0 Å². The average Bonchev–Trinajstić information content (AvgIpc) is 2.57. The van der Waals surface area contributed by atoms with Crippen LogP contribution in [-0.2, 0) is 11.3 Å². The minimum absolute atomic E-state index is 0.0250. The van der Waals surface area contributed by atoms with Crippen molar-refractivity contribution in [2.45, 2.75) is 26.4 Å². The smallest absolute Gasteiger partial charge is 0.275 e. The summed E-state index contributed by atoms with van der Waals surface area (Å²) in [5, 5.41) is 3.06. The topological polar surface area (TPSA) is 42.8 Å². The molecule has 0 saturated carbocycles. The summed E-state index contributed by atoms with van der Waals surface area (Å²) < 4.78 is 5.45. The standard InChI is InChI=1S/C20H26N2O2/c1-4-24-19-12-10-17(11-13-19)14-22(3)15-20(23)21-16(2)18-8-6-5-7-9-18/h5-13,16H,4,14-15H2,1-3H3,(H,21,23)/p+1/t16-/m0/s1. The van der Waals surface area contributed by atoms with Gasteiger partial charge in [-0.1, -0.05) is 30.3 Å². The second-order valence-corrected chi connectivity index (χ2v) is 6.09. The zero-order chi connectivity index (χ0) is 17.4. The van der Waals surface area contributed by atoms with Crippen molar-refractivity contribution in [3.63, 3.8) is 0 Å². The largest absolute Gasteiger partial charge is 0.494 e. The van der Waals surface area contributed by atoms with Crippen LogP contribution in [0.2, 0.25) is 0 Å². The molecule has 1 unspecified atom stereocenters. The van der Waals surface area contributed by atoms with Gasteiger partial charge in [-0.2, -0.15) is 0 Å². The van der Waals surface area contributed by atoms with Crippen molar-refractivity contribution in [1.82, 2.24) is 5.32 Å². The van der Waals surface area contributed by atoms with E-state index in [1.807, 2.05) is 63.4 Å². The van der Waals surface area contributed by atoms with E-state index in [1.54, 1.807) is 0 Å². The number of ether oxygens (including phenoxy) is 1. The van der Waals surface area contributed by atoms with Gasteiger partial charge in [-0.05, 0) is 43.7 Å². The van der Waals surface area contributed by atoms with Crippen LogP contribution in [0.25, 0.3) is 0 Å². The lowest BCUT2D eigenvalue weighted by Gasteiger charge is -2.17. The van der Waals surface area contributed by atoms with E-state index in [2.05, 4.69) is 17.4 Å². The molecule has 2 N–H and O–H groups in total. The van der Waals surface area contributed by atoms with E-state index in [-0.39, 0.29) is 11.9 Å². The van der Waals surface area contributed by atoms with Crippen LogP contribution in [-0.4, -0.2) is 26.1 Å². The summed E-state index contributed by atoms with van der Waals surface area (Å²) in [5.41, 5.74) is 2.31. The summed E-state index contributed by atoms with van der Waals surface area (Å²) in [5.74, 6) is 0.947. The van der Waals surface area contributed by atoms with Crippen LogP contribution in [0.15, 0.2) is 54.6 Å². The Morgan fingerprint density at radius 3 is 2.42 bits per heavy atom. The van der Waals surface area contributed by atoms with Gasteiger partial charge in [-0.25, -0.2) is 0 Å². The first-order valence-corrected chi connectivity index (χ1v) is 8.45. The second kappa shape index (κ2) is 9.08. The fourth-order valence-corrected chi connectivity index (χ4v) is 2.67.